The maximum atomic E-state index is 13.1. The first-order valence-electron chi connectivity index (χ1n) is 9.96. The van der Waals surface area contributed by atoms with Crippen LogP contribution in [0.1, 0.15) is 16.7 Å². The molecule has 0 spiro atoms. The van der Waals surface area contributed by atoms with Gasteiger partial charge in [0.15, 0.2) is 0 Å². The summed E-state index contributed by atoms with van der Waals surface area (Å²) in [5, 5.41) is 0. The Morgan fingerprint density at radius 3 is 2.61 bits per heavy atom. The molecule has 2 aromatic rings. The maximum absolute atomic E-state index is 13.1. The van der Waals surface area contributed by atoms with Crippen LogP contribution in [0.15, 0.2) is 36.4 Å². The zero-order valence-corrected chi connectivity index (χ0v) is 16.9. The van der Waals surface area contributed by atoms with Crippen LogP contribution in [0.3, 0.4) is 0 Å². The van der Waals surface area contributed by atoms with Crippen LogP contribution < -0.4 is 14.4 Å². The summed E-state index contributed by atoms with van der Waals surface area (Å²) >= 11 is 0. The minimum atomic E-state index is -0.119. The lowest BCUT2D eigenvalue weighted by atomic mass is 9.95. The number of benzene rings is 2. The predicted molar refractivity (Wildman–Crippen MR) is 110 cm³/mol. The molecule has 0 aromatic heterocycles. The molecule has 4 rings (SSSR count). The average Bonchev–Trinajstić information content (AvgIpc) is 2.74. The largest absolute Gasteiger partial charge is 0.497 e. The number of rotatable bonds is 3. The third-order valence-electron chi connectivity index (χ3n) is 5.82. The lowest BCUT2D eigenvalue weighted by Crippen LogP contribution is -2.51. The first kappa shape index (κ1) is 18.7. The minimum Gasteiger partial charge on any atom is -0.497 e. The number of fused-ring (bicyclic) bond motifs is 1. The molecule has 2 heterocycles. The van der Waals surface area contributed by atoms with Gasteiger partial charge in [0.05, 0.1) is 13.0 Å². The molecule has 1 fully saturated rings. The summed E-state index contributed by atoms with van der Waals surface area (Å²) in [5.41, 5.74) is 4.90. The number of carbonyl (C=O) groups is 1. The smallest absolute Gasteiger partial charge is 0.229 e. The number of aryl methyl sites for hydroxylation is 2. The minimum absolute atomic E-state index is 0.119. The standard InChI is InChI=1S/C23H28N2O3/c1-16-4-5-17(2)21(12-16)24-8-10-25(11-9-24)23(26)19-13-18-14-20(27-3)6-7-22(18)28-15-19/h4-7,12,14,19H,8-11,13,15H2,1-3H3. The zero-order valence-electron chi connectivity index (χ0n) is 16.9. The average molecular weight is 380 g/mol. The van der Waals surface area contributed by atoms with Crippen LogP contribution >= 0.6 is 0 Å². The fourth-order valence-electron chi connectivity index (χ4n) is 4.14. The highest BCUT2D eigenvalue weighted by molar-refractivity contribution is 5.80. The fraction of sp³-hybridized carbons (Fsp3) is 0.435. The highest BCUT2D eigenvalue weighted by atomic mass is 16.5. The lowest BCUT2D eigenvalue weighted by molar-refractivity contribution is -0.137. The monoisotopic (exact) mass is 380 g/mol. The van der Waals surface area contributed by atoms with Crippen molar-refractivity contribution in [2.75, 3.05) is 44.8 Å². The molecule has 0 aliphatic carbocycles. The van der Waals surface area contributed by atoms with E-state index in [0.29, 0.717) is 13.0 Å². The lowest BCUT2D eigenvalue weighted by Gasteiger charge is -2.39. The van der Waals surface area contributed by atoms with Crippen LogP contribution in [-0.2, 0) is 11.2 Å². The van der Waals surface area contributed by atoms with Crippen LogP contribution in [0, 0.1) is 19.8 Å². The molecule has 28 heavy (non-hydrogen) atoms. The Labute approximate surface area is 166 Å². The third-order valence-corrected chi connectivity index (χ3v) is 5.82. The Balaban J connectivity index is 1.39. The summed E-state index contributed by atoms with van der Waals surface area (Å²) in [4.78, 5) is 17.5. The number of ether oxygens (including phenoxy) is 2. The van der Waals surface area contributed by atoms with E-state index in [0.717, 1.165) is 43.2 Å². The van der Waals surface area contributed by atoms with Crippen LogP contribution in [0.4, 0.5) is 5.69 Å². The number of piperazine rings is 1. The van der Waals surface area contributed by atoms with Crippen molar-refractivity contribution in [3.05, 3.63) is 53.1 Å². The number of carbonyl (C=O) groups excluding carboxylic acids is 1. The van der Waals surface area contributed by atoms with Gasteiger partial charge in [-0.2, -0.15) is 0 Å². The van der Waals surface area contributed by atoms with Gasteiger partial charge >= 0.3 is 0 Å². The Morgan fingerprint density at radius 2 is 1.86 bits per heavy atom. The molecule has 2 aliphatic rings. The van der Waals surface area contributed by atoms with E-state index in [-0.39, 0.29) is 11.8 Å². The van der Waals surface area contributed by atoms with E-state index in [1.165, 1.54) is 16.8 Å². The predicted octanol–water partition coefficient (Wildman–Crippen LogP) is 3.21. The van der Waals surface area contributed by atoms with E-state index in [1.807, 2.05) is 23.1 Å². The normalized spacial score (nSPS) is 19.0. The Kier molecular flexibility index (Phi) is 5.16. The highest BCUT2D eigenvalue weighted by Gasteiger charge is 2.31. The SMILES string of the molecule is COc1ccc2c(c1)CC(C(=O)N1CCN(c3cc(C)ccc3C)CC1)CO2. The van der Waals surface area contributed by atoms with Crippen molar-refractivity contribution >= 4 is 11.6 Å². The van der Waals surface area contributed by atoms with Gasteiger partial charge in [-0.3, -0.25) is 4.79 Å². The van der Waals surface area contributed by atoms with E-state index in [4.69, 9.17) is 9.47 Å². The molecule has 2 aromatic carbocycles. The van der Waals surface area contributed by atoms with Gasteiger partial charge in [0.2, 0.25) is 5.91 Å². The highest BCUT2D eigenvalue weighted by Crippen LogP contribution is 2.31. The van der Waals surface area contributed by atoms with Gasteiger partial charge in [-0.1, -0.05) is 12.1 Å². The van der Waals surface area contributed by atoms with Crippen molar-refractivity contribution in [3.8, 4) is 11.5 Å². The second-order valence-corrected chi connectivity index (χ2v) is 7.79. The fourth-order valence-corrected chi connectivity index (χ4v) is 4.14. The molecule has 148 valence electrons. The summed E-state index contributed by atoms with van der Waals surface area (Å²) in [6, 6.07) is 12.4. The summed E-state index contributed by atoms with van der Waals surface area (Å²) < 4.78 is 11.2. The van der Waals surface area contributed by atoms with Gasteiger partial charge in [-0.05, 0) is 61.2 Å². The van der Waals surface area contributed by atoms with E-state index in [9.17, 15) is 4.79 Å². The number of nitrogens with zero attached hydrogens (tertiary/aromatic N) is 2. The topological polar surface area (TPSA) is 42.0 Å². The molecule has 0 bridgehead atoms. The van der Waals surface area contributed by atoms with Gasteiger partial charge in [0, 0.05) is 31.9 Å². The van der Waals surface area contributed by atoms with Crippen LogP contribution in [0.5, 0.6) is 11.5 Å². The van der Waals surface area contributed by atoms with Crippen molar-refractivity contribution in [1.82, 2.24) is 4.90 Å². The van der Waals surface area contributed by atoms with Crippen LogP contribution in [-0.4, -0.2) is 50.7 Å². The summed E-state index contributed by atoms with van der Waals surface area (Å²) in [6.45, 7) is 7.98. The molecule has 1 saturated heterocycles. The van der Waals surface area contributed by atoms with E-state index >= 15 is 0 Å². The summed E-state index contributed by atoms with van der Waals surface area (Å²) in [7, 11) is 1.66. The van der Waals surface area contributed by atoms with Gasteiger partial charge < -0.3 is 19.3 Å². The number of methoxy groups -OCH3 is 1. The second-order valence-electron chi connectivity index (χ2n) is 7.79. The third kappa shape index (κ3) is 3.66. The van der Waals surface area contributed by atoms with E-state index in [1.54, 1.807) is 7.11 Å². The molecular weight excluding hydrogens is 352 g/mol. The molecular formula is C23H28N2O3. The van der Waals surface area contributed by atoms with Gasteiger partial charge in [0.25, 0.3) is 0 Å². The molecule has 1 unspecified atom stereocenters. The van der Waals surface area contributed by atoms with Crippen LogP contribution in [0.2, 0.25) is 0 Å². The first-order valence-corrected chi connectivity index (χ1v) is 9.96. The number of hydrogen-bond donors (Lipinski definition) is 0. The van der Waals surface area contributed by atoms with Gasteiger partial charge in [-0.15, -0.1) is 0 Å². The van der Waals surface area contributed by atoms with Crippen molar-refractivity contribution in [2.24, 2.45) is 5.92 Å². The summed E-state index contributed by atoms with van der Waals surface area (Å²) in [6.07, 6.45) is 0.711. The molecule has 1 atom stereocenters. The van der Waals surface area contributed by atoms with Gasteiger partial charge in [-0.25, -0.2) is 0 Å². The molecule has 0 saturated carbocycles. The van der Waals surface area contributed by atoms with Crippen LogP contribution in [0.25, 0.3) is 0 Å². The Morgan fingerprint density at radius 1 is 1.07 bits per heavy atom. The second kappa shape index (κ2) is 7.74. The summed E-state index contributed by atoms with van der Waals surface area (Å²) in [5.74, 6) is 1.75. The Hall–Kier alpha value is -2.69. The first-order chi connectivity index (χ1) is 13.5. The van der Waals surface area contributed by atoms with Crippen molar-refractivity contribution in [2.45, 2.75) is 20.3 Å². The molecule has 0 N–H and O–H groups in total. The molecule has 0 radical (unpaired) electrons. The number of anilines is 1. The van der Waals surface area contributed by atoms with Crippen molar-refractivity contribution in [1.29, 1.82) is 0 Å². The Bertz CT molecular complexity index is 872. The van der Waals surface area contributed by atoms with E-state index < -0.39 is 0 Å². The van der Waals surface area contributed by atoms with E-state index in [2.05, 4.69) is 36.9 Å². The molecule has 5 nitrogen and oxygen atoms in total. The maximum Gasteiger partial charge on any atom is 0.229 e. The van der Waals surface area contributed by atoms with Crippen molar-refractivity contribution in [3.63, 3.8) is 0 Å². The quantitative estimate of drug-likeness (QED) is 0.820. The van der Waals surface area contributed by atoms with Crippen molar-refractivity contribution < 1.29 is 14.3 Å². The zero-order chi connectivity index (χ0) is 19.7. The molecule has 2 aliphatic heterocycles. The number of hydrogen-bond acceptors (Lipinski definition) is 4. The molecule has 1 amide bonds. The number of amides is 1. The molecule has 5 heteroatoms. The van der Waals surface area contributed by atoms with Gasteiger partial charge in [0.1, 0.15) is 18.1 Å².